The lowest BCUT2D eigenvalue weighted by atomic mass is 10.1. The lowest BCUT2D eigenvalue weighted by molar-refractivity contribution is -0.114. The summed E-state index contributed by atoms with van der Waals surface area (Å²) in [6.07, 6.45) is 3.16. The van der Waals surface area contributed by atoms with Gasteiger partial charge in [-0.15, -0.1) is 16.5 Å². The van der Waals surface area contributed by atoms with Crippen LogP contribution in [0.25, 0.3) is 21.9 Å². The maximum atomic E-state index is 11.0. The second-order valence-corrected chi connectivity index (χ2v) is 5.53. The van der Waals surface area contributed by atoms with Crippen molar-refractivity contribution < 1.29 is 9.21 Å². The molecule has 1 unspecified atom stereocenters. The number of carbonyl (C=O) groups excluding carboxylic acids is 1. The van der Waals surface area contributed by atoms with Crippen molar-refractivity contribution in [2.45, 2.75) is 6.04 Å². The average molecular weight is 295 g/mol. The molecule has 1 aromatic carbocycles. The second kappa shape index (κ2) is 4.75. The Morgan fingerprint density at radius 1 is 1.24 bits per heavy atom. The highest BCUT2D eigenvalue weighted by Gasteiger charge is 2.15. The predicted molar refractivity (Wildman–Crippen MR) is 79.1 cm³/mol. The third-order valence-corrected chi connectivity index (χ3v) is 4.05. The first-order valence-corrected chi connectivity index (χ1v) is 7.25. The van der Waals surface area contributed by atoms with E-state index in [0.717, 1.165) is 16.0 Å². The van der Waals surface area contributed by atoms with Gasteiger partial charge in [-0.3, -0.25) is 4.79 Å². The fourth-order valence-corrected chi connectivity index (χ4v) is 2.82. The van der Waals surface area contributed by atoms with Crippen LogP contribution in [0.3, 0.4) is 0 Å². The van der Waals surface area contributed by atoms with Gasteiger partial charge in [0, 0.05) is 6.08 Å². The molecule has 1 amide bonds. The summed E-state index contributed by atoms with van der Waals surface area (Å²) in [4.78, 5) is 16.5. The van der Waals surface area contributed by atoms with Crippen LogP contribution in [0, 0.1) is 0 Å². The number of thiophene rings is 1. The molecular formula is C15H9N3O2S. The summed E-state index contributed by atoms with van der Waals surface area (Å²) in [5.74, 6) is 0.292. The van der Waals surface area contributed by atoms with Crippen LogP contribution >= 0.6 is 11.3 Å². The first-order valence-electron chi connectivity index (χ1n) is 6.37. The minimum Gasteiger partial charge on any atom is -0.435 e. The van der Waals surface area contributed by atoms with Gasteiger partial charge in [0.05, 0.1) is 4.88 Å². The molecule has 1 atom stereocenters. The third kappa shape index (κ3) is 2.19. The summed E-state index contributed by atoms with van der Waals surface area (Å²) in [5, 5.41) is 9.53. The number of hydrogen-bond donors (Lipinski definition) is 0. The van der Waals surface area contributed by atoms with E-state index in [9.17, 15) is 4.79 Å². The van der Waals surface area contributed by atoms with Crippen molar-refractivity contribution in [2.75, 3.05) is 0 Å². The standard InChI is InChI=1S/C15H9N3O2S/c19-14-6-5-10(17-18-14)9-3-4-11-12(8-9)20-15(16-11)13-2-1-7-21-13/h1-8,10H. The smallest absolute Gasteiger partial charge is 0.287 e. The number of hydrogen-bond acceptors (Lipinski definition) is 5. The van der Waals surface area contributed by atoms with E-state index in [2.05, 4.69) is 15.2 Å². The molecule has 3 heterocycles. The molecule has 3 aromatic rings. The molecular weight excluding hydrogens is 286 g/mol. The number of rotatable bonds is 2. The van der Waals surface area contributed by atoms with Crippen LogP contribution < -0.4 is 0 Å². The largest absolute Gasteiger partial charge is 0.435 e. The Morgan fingerprint density at radius 2 is 2.19 bits per heavy atom. The minimum atomic E-state index is -0.327. The highest BCUT2D eigenvalue weighted by molar-refractivity contribution is 7.13. The Labute approximate surface area is 123 Å². The van der Waals surface area contributed by atoms with Crippen molar-refractivity contribution in [3.05, 3.63) is 53.4 Å². The number of amides is 1. The van der Waals surface area contributed by atoms with Crippen molar-refractivity contribution >= 4 is 28.3 Å². The van der Waals surface area contributed by atoms with E-state index in [1.165, 1.54) is 6.08 Å². The van der Waals surface area contributed by atoms with Crippen molar-refractivity contribution in [1.82, 2.24) is 4.98 Å². The molecule has 1 aliphatic heterocycles. The number of benzene rings is 1. The van der Waals surface area contributed by atoms with E-state index >= 15 is 0 Å². The molecule has 5 nitrogen and oxygen atoms in total. The van der Waals surface area contributed by atoms with E-state index < -0.39 is 0 Å². The number of oxazole rings is 1. The molecule has 0 fully saturated rings. The summed E-state index contributed by atoms with van der Waals surface area (Å²) in [5.41, 5.74) is 2.43. The fraction of sp³-hybridized carbons (Fsp3) is 0.0667. The van der Waals surface area contributed by atoms with E-state index in [0.29, 0.717) is 11.5 Å². The molecule has 0 N–H and O–H groups in total. The third-order valence-electron chi connectivity index (χ3n) is 3.19. The molecule has 21 heavy (non-hydrogen) atoms. The van der Waals surface area contributed by atoms with Crippen LogP contribution in [0.5, 0.6) is 0 Å². The molecule has 1 aliphatic rings. The van der Waals surface area contributed by atoms with Crippen LogP contribution in [0.4, 0.5) is 0 Å². The predicted octanol–water partition coefficient (Wildman–Crippen LogP) is 4.15. The average Bonchev–Trinajstić information content (AvgIpc) is 3.16. The quantitative estimate of drug-likeness (QED) is 0.713. The Kier molecular flexibility index (Phi) is 2.75. The van der Waals surface area contributed by atoms with Crippen molar-refractivity contribution in [3.63, 3.8) is 0 Å². The Bertz CT molecular complexity index is 862. The monoisotopic (exact) mass is 295 g/mol. The van der Waals surface area contributed by atoms with Crippen molar-refractivity contribution in [2.24, 2.45) is 10.2 Å². The Morgan fingerprint density at radius 3 is 2.95 bits per heavy atom. The van der Waals surface area contributed by atoms with Crippen LogP contribution in [-0.2, 0) is 4.79 Å². The van der Waals surface area contributed by atoms with E-state index in [1.807, 2.05) is 35.7 Å². The van der Waals surface area contributed by atoms with Crippen LogP contribution in [0.1, 0.15) is 11.6 Å². The van der Waals surface area contributed by atoms with Gasteiger partial charge in [0.1, 0.15) is 11.6 Å². The topological polar surface area (TPSA) is 67.8 Å². The molecule has 0 saturated carbocycles. The Balaban J connectivity index is 1.75. The highest BCUT2D eigenvalue weighted by Crippen LogP contribution is 2.30. The van der Waals surface area contributed by atoms with Crippen molar-refractivity contribution in [3.8, 4) is 10.8 Å². The molecule has 4 rings (SSSR count). The molecule has 0 aliphatic carbocycles. The van der Waals surface area contributed by atoms with Crippen LogP contribution in [0.2, 0.25) is 0 Å². The summed E-state index contributed by atoms with van der Waals surface area (Å²) >= 11 is 1.59. The first kappa shape index (κ1) is 12.2. The van der Waals surface area contributed by atoms with E-state index in [4.69, 9.17) is 4.42 Å². The normalized spacial score (nSPS) is 17.7. The number of nitrogens with zero attached hydrogens (tertiary/aromatic N) is 3. The first-order chi connectivity index (χ1) is 10.3. The SMILES string of the molecule is O=C1C=CC(c2ccc3nc(-c4cccs4)oc3c2)N=N1. The van der Waals surface area contributed by atoms with Gasteiger partial charge in [0.25, 0.3) is 5.91 Å². The zero-order valence-corrected chi connectivity index (χ0v) is 11.6. The minimum absolute atomic E-state index is 0.248. The maximum absolute atomic E-state index is 11.0. The molecule has 0 bridgehead atoms. The molecule has 6 heteroatoms. The highest BCUT2D eigenvalue weighted by atomic mass is 32.1. The summed E-state index contributed by atoms with van der Waals surface area (Å²) in [6.45, 7) is 0. The molecule has 0 saturated heterocycles. The van der Waals surface area contributed by atoms with Crippen LogP contribution in [-0.4, -0.2) is 10.9 Å². The number of aromatic nitrogens is 1. The van der Waals surface area contributed by atoms with Crippen molar-refractivity contribution in [1.29, 1.82) is 0 Å². The Hall–Kier alpha value is -2.60. The lowest BCUT2D eigenvalue weighted by Crippen LogP contribution is -1.98. The number of fused-ring (bicyclic) bond motifs is 1. The zero-order chi connectivity index (χ0) is 14.2. The summed E-state index contributed by atoms with van der Waals surface area (Å²) in [6, 6.07) is 9.40. The van der Waals surface area contributed by atoms with E-state index in [1.54, 1.807) is 17.4 Å². The fourth-order valence-electron chi connectivity index (χ4n) is 2.17. The van der Waals surface area contributed by atoms with Gasteiger partial charge in [-0.05, 0) is 35.2 Å². The van der Waals surface area contributed by atoms with Gasteiger partial charge in [-0.2, -0.15) is 5.11 Å². The summed E-state index contributed by atoms with van der Waals surface area (Å²) < 4.78 is 5.80. The maximum Gasteiger partial charge on any atom is 0.287 e. The number of carbonyl (C=O) groups is 1. The molecule has 102 valence electrons. The number of azo groups is 1. The van der Waals surface area contributed by atoms with Gasteiger partial charge >= 0.3 is 0 Å². The lowest BCUT2D eigenvalue weighted by Gasteiger charge is -2.08. The van der Waals surface area contributed by atoms with Gasteiger partial charge in [0.2, 0.25) is 5.89 Å². The molecule has 0 spiro atoms. The second-order valence-electron chi connectivity index (χ2n) is 4.58. The molecule has 2 aromatic heterocycles. The van der Waals surface area contributed by atoms with Gasteiger partial charge in [0.15, 0.2) is 5.58 Å². The van der Waals surface area contributed by atoms with Gasteiger partial charge in [-0.1, -0.05) is 12.1 Å². The zero-order valence-electron chi connectivity index (χ0n) is 10.8. The van der Waals surface area contributed by atoms with E-state index in [-0.39, 0.29) is 11.9 Å². The van der Waals surface area contributed by atoms with Gasteiger partial charge in [-0.25, -0.2) is 4.98 Å². The summed E-state index contributed by atoms with van der Waals surface area (Å²) in [7, 11) is 0. The van der Waals surface area contributed by atoms with Gasteiger partial charge < -0.3 is 4.42 Å². The molecule has 0 radical (unpaired) electrons. The van der Waals surface area contributed by atoms with Crippen LogP contribution in [0.15, 0.2) is 62.5 Å².